The molecule has 1 aromatic rings. The zero-order chi connectivity index (χ0) is 15.1. The molecule has 0 amide bonds. The molecular formula is C15H24N4S. The Morgan fingerprint density at radius 1 is 1.25 bits per heavy atom. The van der Waals surface area contributed by atoms with E-state index in [9.17, 15) is 0 Å². The van der Waals surface area contributed by atoms with Crippen molar-refractivity contribution >= 4 is 23.5 Å². The molecule has 0 saturated carbocycles. The van der Waals surface area contributed by atoms with Gasteiger partial charge in [0.2, 0.25) is 0 Å². The predicted molar refractivity (Wildman–Crippen MR) is 89.8 cm³/mol. The van der Waals surface area contributed by atoms with Crippen LogP contribution >= 0.6 is 12.2 Å². The van der Waals surface area contributed by atoms with Gasteiger partial charge in [-0.3, -0.25) is 10.3 Å². The second-order valence-electron chi connectivity index (χ2n) is 5.34. The summed E-state index contributed by atoms with van der Waals surface area (Å²) in [6.45, 7) is 9.85. The molecule has 0 saturated heterocycles. The molecule has 1 aromatic carbocycles. The first-order valence-electron chi connectivity index (χ1n) is 6.83. The van der Waals surface area contributed by atoms with Crippen LogP contribution < -0.4 is 11.2 Å². The number of nitrogens with zero attached hydrogens (tertiary/aromatic N) is 2. The maximum absolute atomic E-state index is 5.29. The third-order valence-corrected chi connectivity index (χ3v) is 3.15. The fourth-order valence-electron chi connectivity index (χ4n) is 2.05. The molecule has 1 rings (SSSR count). The van der Waals surface area contributed by atoms with E-state index in [4.69, 9.17) is 5.73 Å². The minimum absolute atomic E-state index is 0.169. The van der Waals surface area contributed by atoms with E-state index in [0.717, 1.165) is 12.1 Å². The van der Waals surface area contributed by atoms with Crippen molar-refractivity contribution in [2.75, 3.05) is 0 Å². The first kappa shape index (κ1) is 16.6. The molecule has 110 valence electrons. The smallest absolute Gasteiger partial charge is 0.184 e. The van der Waals surface area contributed by atoms with Crippen LogP contribution in [0.5, 0.6) is 0 Å². The molecule has 4 nitrogen and oxygen atoms in total. The summed E-state index contributed by atoms with van der Waals surface area (Å²) in [5.74, 6) is 0. The minimum Gasteiger partial charge on any atom is -0.375 e. The maximum atomic E-state index is 5.29. The lowest BCUT2D eigenvalue weighted by Crippen LogP contribution is -2.36. The first-order valence-corrected chi connectivity index (χ1v) is 7.24. The van der Waals surface area contributed by atoms with Crippen molar-refractivity contribution in [3.05, 3.63) is 35.4 Å². The number of hydrogen-bond donors (Lipinski definition) is 2. The van der Waals surface area contributed by atoms with Crippen LogP contribution in [-0.4, -0.2) is 28.3 Å². The SMILES string of the molecule is CC(C)N(Cc1ccc(C=NNC(N)=S)cc1)C(C)C. The van der Waals surface area contributed by atoms with Crippen LogP contribution in [0.1, 0.15) is 38.8 Å². The maximum Gasteiger partial charge on any atom is 0.184 e. The van der Waals surface area contributed by atoms with Crippen LogP contribution in [0.25, 0.3) is 0 Å². The van der Waals surface area contributed by atoms with E-state index >= 15 is 0 Å². The Hall–Kier alpha value is -1.46. The molecule has 0 unspecified atom stereocenters. The van der Waals surface area contributed by atoms with E-state index in [0.29, 0.717) is 12.1 Å². The Labute approximate surface area is 127 Å². The summed E-state index contributed by atoms with van der Waals surface area (Å²) in [6, 6.07) is 9.40. The summed E-state index contributed by atoms with van der Waals surface area (Å²) in [4.78, 5) is 2.46. The third-order valence-electron chi connectivity index (χ3n) is 3.06. The lowest BCUT2D eigenvalue weighted by Gasteiger charge is -2.30. The molecule has 5 heteroatoms. The van der Waals surface area contributed by atoms with Gasteiger partial charge in [-0.05, 0) is 51.0 Å². The zero-order valence-corrected chi connectivity index (χ0v) is 13.4. The highest BCUT2D eigenvalue weighted by molar-refractivity contribution is 7.80. The van der Waals surface area contributed by atoms with Gasteiger partial charge in [-0.1, -0.05) is 24.3 Å². The van der Waals surface area contributed by atoms with E-state index in [2.05, 4.69) is 67.5 Å². The van der Waals surface area contributed by atoms with Gasteiger partial charge >= 0.3 is 0 Å². The zero-order valence-electron chi connectivity index (χ0n) is 12.6. The molecule has 0 heterocycles. The van der Waals surface area contributed by atoms with Crippen molar-refractivity contribution < 1.29 is 0 Å². The van der Waals surface area contributed by atoms with Crippen LogP contribution in [0.2, 0.25) is 0 Å². The average molecular weight is 292 g/mol. The molecule has 20 heavy (non-hydrogen) atoms. The standard InChI is InChI=1S/C15H24N4S/c1-11(2)19(12(3)4)10-14-7-5-13(6-8-14)9-17-18-15(16)20/h5-9,11-12H,10H2,1-4H3,(H3,16,18,20). The monoisotopic (exact) mass is 292 g/mol. The van der Waals surface area contributed by atoms with E-state index in [1.165, 1.54) is 5.56 Å². The van der Waals surface area contributed by atoms with Gasteiger partial charge < -0.3 is 5.73 Å². The number of benzene rings is 1. The third kappa shape index (κ3) is 5.67. The van der Waals surface area contributed by atoms with Gasteiger partial charge in [0.25, 0.3) is 0 Å². The highest BCUT2D eigenvalue weighted by atomic mass is 32.1. The Kier molecular flexibility index (Phi) is 6.61. The number of nitrogens with two attached hydrogens (primary N) is 1. The second-order valence-corrected chi connectivity index (χ2v) is 5.78. The van der Waals surface area contributed by atoms with Crippen LogP contribution in [0.4, 0.5) is 0 Å². The molecule has 0 fully saturated rings. The molecule has 0 bridgehead atoms. The van der Waals surface area contributed by atoms with Crippen LogP contribution in [0, 0.1) is 0 Å². The summed E-state index contributed by atoms with van der Waals surface area (Å²) in [5, 5.41) is 4.11. The van der Waals surface area contributed by atoms with E-state index < -0.39 is 0 Å². The average Bonchev–Trinajstić information content (AvgIpc) is 2.36. The van der Waals surface area contributed by atoms with Gasteiger partial charge in [0.1, 0.15) is 0 Å². The van der Waals surface area contributed by atoms with Gasteiger partial charge in [0, 0.05) is 18.6 Å². The molecule has 0 aliphatic heterocycles. The van der Waals surface area contributed by atoms with Gasteiger partial charge in [-0.25, -0.2) is 0 Å². The van der Waals surface area contributed by atoms with Gasteiger partial charge in [-0.2, -0.15) is 5.10 Å². The van der Waals surface area contributed by atoms with E-state index in [-0.39, 0.29) is 5.11 Å². The summed E-state index contributed by atoms with van der Waals surface area (Å²) in [7, 11) is 0. The molecular weight excluding hydrogens is 268 g/mol. The van der Waals surface area contributed by atoms with Crippen molar-refractivity contribution in [2.45, 2.75) is 46.3 Å². The summed E-state index contributed by atoms with van der Waals surface area (Å²) in [6.07, 6.45) is 1.70. The first-order chi connectivity index (χ1) is 9.40. The van der Waals surface area contributed by atoms with Gasteiger partial charge in [0.15, 0.2) is 5.11 Å². The summed E-state index contributed by atoms with van der Waals surface area (Å²) < 4.78 is 0. The van der Waals surface area contributed by atoms with Crippen molar-refractivity contribution in [1.29, 1.82) is 0 Å². The molecule has 0 spiro atoms. The molecule has 0 aliphatic rings. The molecule has 0 radical (unpaired) electrons. The van der Waals surface area contributed by atoms with Crippen molar-refractivity contribution in [3.8, 4) is 0 Å². The number of hydrogen-bond acceptors (Lipinski definition) is 3. The fourth-order valence-corrected chi connectivity index (χ4v) is 2.10. The summed E-state index contributed by atoms with van der Waals surface area (Å²) in [5.41, 5.74) is 10.1. The molecule has 0 aromatic heterocycles. The second kappa shape index (κ2) is 7.97. The number of rotatable bonds is 6. The minimum atomic E-state index is 0.169. The van der Waals surface area contributed by atoms with E-state index in [1.54, 1.807) is 6.21 Å². The van der Waals surface area contributed by atoms with E-state index in [1.807, 2.05) is 12.1 Å². The molecule has 0 aliphatic carbocycles. The van der Waals surface area contributed by atoms with Gasteiger partial charge in [-0.15, -0.1) is 0 Å². The Bertz CT molecular complexity index is 443. The largest absolute Gasteiger partial charge is 0.375 e. The highest BCUT2D eigenvalue weighted by Crippen LogP contribution is 2.12. The molecule has 0 atom stereocenters. The van der Waals surface area contributed by atoms with Gasteiger partial charge in [0.05, 0.1) is 6.21 Å². The predicted octanol–water partition coefficient (Wildman–Crippen LogP) is 2.47. The Morgan fingerprint density at radius 2 is 1.80 bits per heavy atom. The quantitative estimate of drug-likeness (QED) is 0.480. The van der Waals surface area contributed by atoms with Crippen LogP contribution in [0.15, 0.2) is 29.4 Å². The van der Waals surface area contributed by atoms with Crippen molar-refractivity contribution in [2.24, 2.45) is 10.8 Å². The topological polar surface area (TPSA) is 53.6 Å². The number of hydrazone groups is 1. The lowest BCUT2D eigenvalue weighted by molar-refractivity contribution is 0.166. The lowest BCUT2D eigenvalue weighted by atomic mass is 10.1. The van der Waals surface area contributed by atoms with Crippen molar-refractivity contribution in [3.63, 3.8) is 0 Å². The van der Waals surface area contributed by atoms with Crippen LogP contribution in [-0.2, 0) is 6.54 Å². The Morgan fingerprint density at radius 3 is 2.25 bits per heavy atom. The normalized spacial score (nSPS) is 11.8. The summed E-state index contributed by atoms with van der Waals surface area (Å²) >= 11 is 4.68. The highest BCUT2D eigenvalue weighted by Gasteiger charge is 2.13. The van der Waals surface area contributed by atoms with Crippen LogP contribution in [0.3, 0.4) is 0 Å². The molecule has 3 N–H and O–H groups in total. The number of thiocarbonyl (C=S) groups is 1. The number of nitrogens with one attached hydrogen (secondary N) is 1. The fraction of sp³-hybridized carbons (Fsp3) is 0.467. The Balaban J connectivity index is 2.66. The van der Waals surface area contributed by atoms with Crippen molar-refractivity contribution in [1.82, 2.24) is 10.3 Å².